The van der Waals surface area contributed by atoms with Crippen molar-refractivity contribution >= 4 is 11.6 Å². The largest absolute Gasteiger partial charge is 0.226 e. The zero-order valence-corrected chi connectivity index (χ0v) is 11.7. The zero-order valence-electron chi connectivity index (χ0n) is 10.9. The Kier molecular flexibility index (Phi) is 3.44. The van der Waals surface area contributed by atoms with Crippen molar-refractivity contribution in [2.24, 2.45) is 0 Å². The van der Waals surface area contributed by atoms with Gasteiger partial charge < -0.3 is 0 Å². The molecule has 2 aromatic carbocycles. The van der Waals surface area contributed by atoms with Crippen LogP contribution < -0.4 is 0 Å². The Balaban J connectivity index is 2.12. The Labute approximate surface area is 122 Å². The molecule has 4 heteroatoms. The molecule has 20 heavy (non-hydrogen) atoms. The Morgan fingerprint density at radius 2 is 1.40 bits per heavy atom. The van der Waals surface area contributed by atoms with Gasteiger partial charge in [0, 0.05) is 11.1 Å². The van der Waals surface area contributed by atoms with Crippen molar-refractivity contribution in [1.29, 1.82) is 0 Å². The molecule has 3 aromatic rings. The Morgan fingerprint density at radius 3 is 2.10 bits per heavy atom. The van der Waals surface area contributed by atoms with Gasteiger partial charge >= 0.3 is 0 Å². The van der Waals surface area contributed by atoms with Gasteiger partial charge in [0.1, 0.15) is 0 Å². The monoisotopic (exact) mass is 281 g/mol. The van der Waals surface area contributed by atoms with E-state index >= 15 is 0 Å². The first-order chi connectivity index (χ1) is 9.72. The molecule has 0 N–H and O–H groups in total. The van der Waals surface area contributed by atoms with E-state index in [9.17, 15) is 0 Å². The minimum Gasteiger partial charge on any atom is -0.208 e. The van der Waals surface area contributed by atoms with E-state index in [1.54, 1.807) is 0 Å². The molecule has 0 fully saturated rings. The van der Waals surface area contributed by atoms with Crippen LogP contribution in [0.4, 0.5) is 0 Å². The molecule has 0 aliphatic heterocycles. The van der Waals surface area contributed by atoms with Crippen molar-refractivity contribution in [2.75, 3.05) is 0 Å². The van der Waals surface area contributed by atoms with E-state index in [4.69, 9.17) is 11.6 Å². The van der Waals surface area contributed by atoms with Crippen molar-refractivity contribution in [2.45, 2.75) is 6.92 Å². The van der Waals surface area contributed by atoms with Crippen molar-refractivity contribution in [3.8, 4) is 22.8 Å². The summed E-state index contributed by atoms with van der Waals surface area (Å²) in [5.41, 5.74) is 3.01. The van der Waals surface area contributed by atoms with E-state index in [0.717, 1.165) is 16.7 Å². The quantitative estimate of drug-likeness (QED) is 0.708. The lowest BCUT2D eigenvalue weighted by molar-refractivity contribution is 1.06. The minimum atomic E-state index is 0.204. The lowest BCUT2D eigenvalue weighted by Crippen LogP contribution is -1.97. The van der Waals surface area contributed by atoms with Crippen LogP contribution in [-0.4, -0.2) is 15.0 Å². The fourth-order valence-electron chi connectivity index (χ4n) is 1.98. The summed E-state index contributed by atoms with van der Waals surface area (Å²) in [5, 5.41) is 0.204. The molecule has 3 rings (SSSR count). The number of aryl methyl sites for hydroxylation is 1. The molecular formula is C16H12ClN3. The van der Waals surface area contributed by atoms with Gasteiger partial charge in [-0.1, -0.05) is 54.1 Å². The van der Waals surface area contributed by atoms with Crippen LogP contribution >= 0.6 is 11.6 Å². The Bertz CT molecular complexity index is 742. The van der Waals surface area contributed by atoms with Gasteiger partial charge in [-0.25, -0.2) is 4.98 Å². The number of rotatable bonds is 2. The number of halogens is 1. The van der Waals surface area contributed by atoms with Crippen LogP contribution in [-0.2, 0) is 0 Å². The average Bonchev–Trinajstić information content (AvgIpc) is 2.47. The number of hydrogen-bond donors (Lipinski definition) is 0. The molecular weight excluding hydrogens is 270 g/mol. The normalized spacial score (nSPS) is 10.5. The van der Waals surface area contributed by atoms with E-state index in [0.29, 0.717) is 11.6 Å². The molecule has 0 unspecified atom stereocenters. The number of aromatic nitrogens is 3. The third kappa shape index (κ3) is 2.68. The standard InChI is InChI=1S/C16H12ClN3/c1-11-6-5-9-13(10-11)15-18-14(19-16(17)20-15)12-7-3-2-4-8-12/h2-10H,1H3. The van der Waals surface area contributed by atoms with Gasteiger partial charge in [-0.2, -0.15) is 9.97 Å². The second kappa shape index (κ2) is 5.39. The highest BCUT2D eigenvalue weighted by Gasteiger charge is 2.08. The van der Waals surface area contributed by atoms with Gasteiger partial charge in [0.15, 0.2) is 11.6 Å². The molecule has 0 spiro atoms. The molecule has 1 heterocycles. The van der Waals surface area contributed by atoms with Gasteiger partial charge in [0.2, 0.25) is 5.28 Å². The third-order valence-corrected chi connectivity index (χ3v) is 3.09. The molecule has 0 bridgehead atoms. The maximum Gasteiger partial charge on any atom is 0.226 e. The molecule has 1 aromatic heterocycles. The second-order valence-corrected chi connectivity index (χ2v) is 4.83. The highest BCUT2D eigenvalue weighted by atomic mass is 35.5. The molecule has 0 atom stereocenters. The van der Waals surface area contributed by atoms with Gasteiger partial charge in [-0.05, 0) is 24.6 Å². The summed E-state index contributed by atoms with van der Waals surface area (Å²) < 4.78 is 0. The van der Waals surface area contributed by atoms with Gasteiger partial charge in [-0.15, -0.1) is 0 Å². The number of hydrogen-bond acceptors (Lipinski definition) is 3. The van der Waals surface area contributed by atoms with Crippen LogP contribution in [0.3, 0.4) is 0 Å². The Morgan fingerprint density at radius 1 is 0.750 bits per heavy atom. The molecule has 0 radical (unpaired) electrons. The summed E-state index contributed by atoms with van der Waals surface area (Å²) in [5.74, 6) is 1.18. The van der Waals surface area contributed by atoms with Crippen molar-refractivity contribution < 1.29 is 0 Å². The smallest absolute Gasteiger partial charge is 0.208 e. The van der Waals surface area contributed by atoms with Crippen molar-refractivity contribution in [3.63, 3.8) is 0 Å². The van der Waals surface area contributed by atoms with Crippen LogP contribution in [0.1, 0.15) is 5.56 Å². The molecule has 0 saturated carbocycles. The molecule has 0 saturated heterocycles. The first-order valence-electron chi connectivity index (χ1n) is 6.26. The summed E-state index contributed by atoms with van der Waals surface area (Å²) in [7, 11) is 0. The van der Waals surface area contributed by atoms with E-state index < -0.39 is 0 Å². The van der Waals surface area contributed by atoms with Crippen LogP contribution in [0.5, 0.6) is 0 Å². The van der Waals surface area contributed by atoms with Gasteiger partial charge in [0.05, 0.1) is 0 Å². The summed E-state index contributed by atoms with van der Waals surface area (Å²) >= 11 is 6.03. The molecule has 0 aliphatic rings. The zero-order chi connectivity index (χ0) is 13.9. The SMILES string of the molecule is Cc1cccc(-c2nc(Cl)nc(-c3ccccc3)n2)c1. The minimum absolute atomic E-state index is 0.204. The summed E-state index contributed by atoms with van der Waals surface area (Å²) in [6.45, 7) is 2.03. The lowest BCUT2D eigenvalue weighted by atomic mass is 10.1. The van der Waals surface area contributed by atoms with Gasteiger partial charge in [-0.3, -0.25) is 0 Å². The predicted octanol–water partition coefficient (Wildman–Crippen LogP) is 4.17. The maximum absolute atomic E-state index is 6.03. The Hall–Kier alpha value is -2.26. The van der Waals surface area contributed by atoms with E-state index in [2.05, 4.69) is 15.0 Å². The van der Waals surface area contributed by atoms with E-state index in [-0.39, 0.29) is 5.28 Å². The fourth-order valence-corrected chi connectivity index (χ4v) is 2.14. The molecule has 0 aliphatic carbocycles. The third-order valence-electron chi connectivity index (χ3n) is 2.92. The molecule has 0 amide bonds. The maximum atomic E-state index is 6.03. The molecule has 98 valence electrons. The van der Waals surface area contributed by atoms with Gasteiger partial charge in [0.25, 0.3) is 0 Å². The summed E-state index contributed by atoms with van der Waals surface area (Å²) in [6.07, 6.45) is 0. The van der Waals surface area contributed by atoms with Crippen LogP contribution in [0.15, 0.2) is 54.6 Å². The summed E-state index contributed by atoms with van der Waals surface area (Å²) in [6, 6.07) is 17.7. The van der Waals surface area contributed by atoms with Crippen LogP contribution in [0.2, 0.25) is 5.28 Å². The van der Waals surface area contributed by atoms with E-state index in [1.807, 2.05) is 61.5 Å². The topological polar surface area (TPSA) is 38.7 Å². The predicted molar refractivity (Wildman–Crippen MR) is 80.4 cm³/mol. The van der Waals surface area contributed by atoms with Crippen LogP contribution in [0.25, 0.3) is 22.8 Å². The summed E-state index contributed by atoms with van der Waals surface area (Å²) in [4.78, 5) is 12.9. The highest BCUT2D eigenvalue weighted by Crippen LogP contribution is 2.22. The molecule has 3 nitrogen and oxygen atoms in total. The van der Waals surface area contributed by atoms with Crippen molar-refractivity contribution in [1.82, 2.24) is 15.0 Å². The highest BCUT2D eigenvalue weighted by molar-refractivity contribution is 6.28. The fraction of sp³-hybridized carbons (Fsp3) is 0.0625. The first-order valence-corrected chi connectivity index (χ1v) is 6.64. The van der Waals surface area contributed by atoms with E-state index in [1.165, 1.54) is 0 Å². The first kappa shape index (κ1) is 12.8. The average molecular weight is 282 g/mol. The lowest BCUT2D eigenvalue weighted by Gasteiger charge is -2.05. The number of nitrogens with zero attached hydrogens (tertiary/aromatic N) is 3. The van der Waals surface area contributed by atoms with Crippen LogP contribution in [0, 0.1) is 6.92 Å². The number of benzene rings is 2. The van der Waals surface area contributed by atoms with Crippen molar-refractivity contribution in [3.05, 3.63) is 65.4 Å². The second-order valence-electron chi connectivity index (χ2n) is 4.49.